The number of nitriles is 1. The first-order valence-electron chi connectivity index (χ1n) is 8.58. The van der Waals surface area contributed by atoms with Crippen molar-refractivity contribution in [1.29, 1.82) is 5.26 Å². The molecule has 1 saturated heterocycles. The standard InChI is InChI=1S/C19H15ClFIN4OS/c20-11-1-2-13(15(22)7-11)16-14(9-23)19(26-3-5-27-6-4-26)28-17(16)18-24-10-12(8-21)25-18/h1-2,7,10H,3-6,8H2,(H,24,25). The molecule has 1 N–H and O–H groups in total. The fourth-order valence-corrected chi connectivity index (χ4v) is 5.58. The fourth-order valence-electron chi connectivity index (χ4n) is 3.17. The smallest absolute Gasteiger partial charge is 0.148 e. The van der Waals surface area contributed by atoms with Crippen molar-refractivity contribution in [3.63, 3.8) is 0 Å². The van der Waals surface area contributed by atoms with Crippen LogP contribution in [-0.2, 0) is 11.4 Å². The number of aromatic amines is 1. The van der Waals surface area contributed by atoms with Gasteiger partial charge in [-0.05, 0) is 40.3 Å². The molecule has 3 heterocycles. The van der Waals surface area contributed by atoms with Gasteiger partial charge in [-0.1, -0.05) is 17.7 Å². The summed E-state index contributed by atoms with van der Waals surface area (Å²) >= 11 is 9.85. The Morgan fingerprint density at radius 3 is 2.82 bits per heavy atom. The van der Waals surface area contributed by atoms with Crippen LogP contribution in [0.25, 0.3) is 21.8 Å². The van der Waals surface area contributed by atoms with Gasteiger partial charge in [0.05, 0.1) is 29.3 Å². The van der Waals surface area contributed by atoms with Gasteiger partial charge in [-0.15, -0.1) is 11.3 Å². The van der Waals surface area contributed by atoms with Crippen molar-refractivity contribution in [2.75, 3.05) is 31.2 Å². The number of anilines is 1. The predicted octanol–water partition coefficient (Wildman–Crippen LogP) is 5.24. The maximum atomic E-state index is 13.1. The summed E-state index contributed by atoms with van der Waals surface area (Å²) in [6, 6.07) is 7.98. The first-order valence-corrected chi connectivity index (χ1v) is 10.8. The largest absolute Gasteiger partial charge is 0.378 e. The highest BCUT2D eigenvalue weighted by Gasteiger charge is 2.27. The Kier molecular flexibility index (Phi) is 5.87. The molecule has 0 amide bonds. The van der Waals surface area contributed by atoms with Crippen LogP contribution in [0.2, 0.25) is 5.02 Å². The number of H-pyrrole nitrogens is 1. The molecule has 0 radical (unpaired) electrons. The number of halogens is 3. The van der Waals surface area contributed by atoms with Crippen LogP contribution in [0.15, 0.2) is 24.4 Å². The van der Waals surface area contributed by atoms with Gasteiger partial charge < -0.3 is 14.6 Å². The van der Waals surface area contributed by atoms with E-state index < -0.39 is 6.67 Å². The van der Waals surface area contributed by atoms with Crippen LogP contribution in [0.4, 0.5) is 9.39 Å². The monoisotopic (exact) mass is 528 g/mol. The van der Waals surface area contributed by atoms with Gasteiger partial charge in [-0.25, -0.2) is 9.37 Å². The lowest BCUT2D eigenvalue weighted by Gasteiger charge is -2.27. The molecule has 0 spiro atoms. The zero-order chi connectivity index (χ0) is 19.7. The normalized spacial score (nSPS) is 14.3. The Labute approximate surface area is 184 Å². The number of imidazole rings is 1. The minimum atomic E-state index is -0.642. The number of morpholine rings is 1. The van der Waals surface area contributed by atoms with Gasteiger partial charge in [0.15, 0.2) is 0 Å². The maximum absolute atomic E-state index is 13.1. The van der Waals surface area contributed by atoms with E-state index in [-0.39, 0.29) is 0 Å². The minimum Gasteiger partial charge on any atom is -0.378 e. The van der Waals surface area contributed by atoms with Crippen molar-refractivity contribution in [1.82, 2.24) is 9.97 Å². The summed E-state index contributed by atoms with van der Waals surface area (Å²) in [5, 5.41) is 11.6. The maximum Gasteiger partial charge on any atom is 0.148 e. The molecular weight excluding hydrogens is 514 g/mol. The van der Waals surface area contributed by atoms with Crippen LogP contribution in [0.1, 0.15) is 11.3 Å². The fraction of sp³-hybridized carbons (Fsp3) is 0.263. The number of aromatic nitrogens is 2. The Balaban J connectivity index is 1.95. The van der Waals surface area contributed by atoms with E-state index in [4.69, 9.17) is 16.3 Å². The predicted molar refractivity (Wildman–Crippen MR) is 118 cm³/mol. The molecule has 144 valence electrons. The second kappa shape index (κ2) is 8.37. The highest BCUT2D eigenvalue weighted by molar-refractivity contribution is 14.1. The first-order chi connectivity index (χ1) is 13.6. The highest BCUT2D eigenvalue weighted by atomic mass is 127. The van der Waals surface area contributed by atoms with E-state index in [1.54, 1.807) is 6.20 Å². The van der Waals surface area contributed by atoms with Gasteiger partial charge >= 0.3 is 0 Å². The Bertz CT molecular complexity index is 1050. The van der Waals surface area contributed by atoms with Gasteiger partial charge in [0, 0.05) is 33.4 Å². The van der Waals surface area contributed by atoms with E-state index in [0.717, 1.165) is 37.7 Å². The lowest BCUT2D eigenvalue weighted by atomic mass is 10.0. The number of nitrogens with zero attached hydrogens (tertiary/aromatic N) is 3. The van der Waals surface area contributed by atoms with Crippen LogP contribution in [0.3, 0.4) is 0 Å². The third kappa shape index (κ3) is 3.64. The van der Waals surface area contributed by atoms with Crippen LogP contribution >= 0.6 is 45.5 Å². The van der Waals surface area contributed by atoms with E-state index >= 15 is 0 Å². The Morgan fingerprint density at radius 1 is 1.39 bits per heavy atom. The summed E-state index contributed by atoms with van der Waals surface area (Å²) in [7, 11) is 0. The number of hydrogen-bond donors (Lipinski definition) is 1. The average molecular weight is 529 g/mol. The molecule has 0 atom stereocenters. The van der Waals surface area contributed by atoms with E-state index in [1.165, 1.54) is 11.3 Å². The summed E-state index contributed by atoms with van der Waals surface area (Å²) in [6.07, 6.45) is 1.56. The number of nitrogens with one attached hydrogen (secondary N) is 1. The Hall–Kier alpha value is -1.67. The molecule has 0 aliphatic carbocycles. The van der Waals surface area contributed by atoms with E-state index in [0.29, 0.717) is 35.3 Å². The van der Waals surface area contributed by atoms with Crippen molar-refractivity contribution in [3.05, 3.63) is 44.2 Å². The second-order valence-electron chi connectivity index (χ2n) is 6.20. The van der Waals surface area contributed by atoms with Crippen LogP contribution in [-0.4, -0.2) is 36.3 Å². The third-order valence-electron chi connectivity index (χ3n) is 4.48. The Morgan fingerprint density at radius 2 is 2.18 bits per heavy atom. The number of thiophene rings is 1. The van der Waals surface area contributed by atoms with E-state index in [1.807, 2.05) is 18.2 Å². The molecule has 1 aliphatic rings. The third-order valence-corrected chi connectivity index (χ3v) is 6.87. The second-order valence-corrected chi connectivity index (χ2v) is 8.79. The quantitative estimate of drug-likeness (QED) is 0.471. The van der Waals surface area contributed by atoms with Crippen molar-refractivity contribution in [2.45, 2.75) is 6.67 Å². The number of ether oxygens (including phenoxy) is 1. The summed E-state index contributed by atoms with van der Waals surface area (Å²) in [4.78, 5) is 10.4. The summed E-state index contributed by atoms with van der Waals surface area (Å²) < 4.78 is 19.5. The van der Waals surface area contributed by atoms with Gasteiger partial charge in [-0.3, -0.25) is 0 Å². The zero-order valence-electron chi connectivity index (χ0n) is 14.6. The summed E-state index contributed by atoms with van der Waals surface area (Å²) in [5.74, 6) is 0.564. The van der Waals surface area contributed by atoms with Crippen molar-refractivity contribution < 1.29 is 9.13 Å². The minimum absolute atomic E-state index is 0.339. The number of alkyl halides is 1. The number of rotatable bonds is 4. The molecule has 0 bridgehead atoms. The van der Waals surface area contributed by atoms with Crippen molar-refractivity contribution in [3.8, 4) is 27.9 Å². The summed E-state index contributed by atoms with van der Waals surface area (Å²) in [5.41, 5.74) is 2.65. The van der Waals surface area contributed by atoms with Crippen LogP contribution in [0.5, 0.6) is 0 Å². The van der Waals surface area contributed by atoms with Crippen molar-refractivity contribution in [2.24, 2.45) is 0 Å². The zero-order valence-corrected chi connectivity index (χ0v) is 18.4. The summed E-state index contributed by atoms with van der Waals surface area (Å²) in [6.45, 7) is 2.05. The lowest BCUT2D eigenvalue weighted by molar-refractivity contribution is 0.123. The molecule has 9 heteroatoms. The molecule has 1 aromatic carbocycles. The molecule has 0 unspecified atom stereocenters. The highest BCUT2D eigenvalue weighted by Crippen LogP contribution is 2.47. The van der Waals surface area contributed by atoms with Crippen LogP contribution < -0.4 is 4.90 Å². The molecule has 4 rings (SSSR count). The molecule has 5 nitrogen and oxygen atoms in total. The topological polar surface area (TPSA) is 64.9 Å². The van der Waals surface area contributed by atoms with E-state index in [2.05, 4.69) is 43.5 Å². The molecule has 0 saturated carbocycles. The SMILES string of the molecule is N#Cc1c(N2CCOCC2)sc(-c2nc(CF)c[nH]2)c1-c1ccc(Cl)cc1I. The van der Waals surface area contributed by atoms with Crippen molar-refractivity contribution >= 4 is 50.5 Å². The van der Waals surface area contributed by atoms with Crippen LogP contribution in [0, 0.1) is 14.9 Å². The van der Waals surface area contributed by atoms with Gasteiger partial charge in [0.1, 0.15) is 23.6 Å². The molecule has 1 aliphatic heterocycles. The van der Waals surface area contributed by atoms with Gasteiger partial charge in [0.25, 0.3) is 0 Å². The van der Waals surface area contributed by atoms with Gasteiger partial charge in [0.2, 0.25) is 0 Å². The average Bonchev–Trinajstić information content (AvgIpc) is 3.33. The number of benzene rings is 1. The molecule has 1 fully saturated rings. The molecular formula is C19H15ClFIN4OS. The molecule has 3 aromatic rings. The molecule has 28 heavy (non-hydrogen) atoms. The molecule has 2 aromatic heterocycles. The van der Waals surface area contributed by atoms with E-state index in [9.17, 15) is 9.65 Å². The first kappa shape index (κ1) is 19.6. The number of hydrogen-bond acceptors (Lipinski definition) is 5. The lowest BCUT2D eigenvalue weighted by Crippen LogP contribution is -2.36. The van der Waals surface area contributed by atoms with Gasteiger partial charge in [-0.2, -0.15) is 5.26 Å².